The van der Waals surface area contributed by atoms with Crippen molar-refractivity contribution in [1.29, 1.82) is 0 Å². The standard InChI is InChI=1S/C16H30N2/c1-15(2)12-17-16(9-4-3-5-10-16)13-18(15)11-14-7-6-8-14/h14,17H,3-13H2,1-2H3. The Kier molecular flexibility index (Phi) is 3.44. The molecule has 0 unspecified atom stereocenters. The smallest absolute Gasteiger partial charge is 0.0309 e. The van der Waals surface area contributed by atoms with Gasteiger partial charge in [0, 0.05) is 30.7 Å². The molecule has 3 aliphatic rings. The Bertz CT molecular complexity index is 287. The van der Waals surface area contributed by atoms with Crippen LogP contribution in [0.1, 0.15) is 65.2 Å². The second kappa shape index (κ2) is 4.79. The predicted octanol–water partition coefficient (Wildman–Crippen LogP) is 3.17. The molecule has 18 heavy (non-hydrogen) atoms. The van der Waals surface area contributed by atoms with Crippen LogP contribution in [0, 0.1) is 5.92 Å². The lowest BCUT2D eigenvalue weighted by molar-refractivity contribution is -0.00768. The van der Waals surface area contributed by atoms with E-state index in [0.717, 1.165) is 5.92 Å². The molecule has 0 atom stereocenters. The summed E-state index contributed by atoms with van der Waals surface area (Å²) in [5.74, 6) is 1.00. The van der Waals surface area contributed by atoms with Crippen LogP contribution in [0.4, 0.5) is 0 Å². The van der Waals surface area contributed by atoms with Gasteiger partial charge in [-0.1, -0.05) is 25.7 Å². The van der Waals surface area contributed by atoms with Crippen molar-refractivity contribution in [2.75, 3.05) is 19.6 Å². The van der Waals surface area contributed by atoms with E-state index in [-0.39, 0.29) is 0 Å². The molecule has 0 amide bonds. The van der Waals surface area contributed by atoms with Gasteiger partial charge in [0.15, 0.2) is 0 Å². The Labute approximate surface area is 113 Å². The van der Waals surface area contributed by atoms with Crippen molar-refractivity contribution in [1.82, 2.24) is 10.2 Å². The van der Waals surface area contributed by atoms with Crippen LogP contribution in [0.5, 0.6) is 0 Å². The Morgan fingerprint density at radius 2 is 1.78 bits per heavy atom. The molecule has 0 aromatic carbocycles. The second-order valence-corrected chi connectivity index (χ2v) is 7.68. The lowest BCUT2D eigenvalue weighted by atomic mass is 9.76. The summed E-state index contributed by atoms with van der Waals surface area (Å²) in [6.45, 7) is 8.69. The number of hydrogen-bond acceptors (Lipinski definition) is 2. The molecule has 2 heteroatoms. The van der Waals surface area contributed by atoms with E-state index in [0.29, 0.717) is 11.1 Å². The zero-order valence-corrected chi connectivity index (χ0v) is 12.3. The molecule has 1 aliphatic heterocycles. The van der Waals surface area contributed by atoms with Gasteiger partial charge in [0.2, 0.25) is 0 Å². The van der Waals surface area contributed by atoms with Crippen LogP contribution in [-0.4, -0.2) is 35.6 Å². The maximum absolute atomic E-state index is 3.92. The van der Waals surface area contributed by atoms with E-state index in [1.54, 1.807) is 0 Å². The molecule has 0 aromatic rings. The average molecular weight is 250 g/mol. The lowest BCUT2D eigenvalue weighted by Gasteiger charge is -2.54. The van der Waals surface area contributed by atoms with Crippen LogP contribution in [-0.2, 0) is 0 Å². The molecule has 1 saturated heterocycles. The highest BCUT2D eigenvalue weighted by Gasteiger charge is 2.43. The van der Waals surface area contributed by atoms with Crippen LogP contribution >= 0.6 is 0 Å². The van der Waals surface area contributed by atoms with Gasteiger partial charge in [-0.2, -0.15) is 0 Å². The predicted molar refractivity (Wildman–Crippen MR) is 76.8 cm³/mol. The molecular formula is C16H30N2. The largest absolute Gasteiger partial charge is 0.308 e. The van der Waals surface area contributed by atoms with Gasteiger partial charge in [0.1, 0.15) is 0 Å². The number of hydrogen-bond donors (Lipinski definition) is 1. The van der Waals surface area contributed by atoms with E-state index < -0.39 is 0 Å². The Balaban J connectivity index is 1.67. The molecule has 104 valence electrons. The van der Waals surface area contributed by atoms with Crippen LogP contribution in [0.2, 0.25) is 0 Å². The number of rotatable bonds is 2. The number of nitrogens with one attached hydrogen (secondary N) is 1. The van der Waals surface area contributed by atoms with Crippen LogP contribution in [0.3, 0.4) is 0 Å². The molecule has 2 aliphatic carbocycles. The summed E-state index contributed by atoms with van der Waals surface area (Å²) in [5, 5.41) is 3.92. The molecule has 2 saturated carbocycles. The molecule has 1 heterocycles. The summed E-state index contributed by atoms with van der Waals surface area (Å²) in [5.41, 5.74) is 0.829. The van der Waals surface area contributed by atoms with E-state index in [1.807, 2.05) is 0 Å². The normalized spacial score (nSPS) is 32.3. The third-order valence-electron chi connectivity index (χ3n) is 5.76. The van der Waals surface area contributed by atoms with Crippen molar-refractivity contribution in [3.05, 3.63) is 0 Å². The van der Waals surface area contributed by atoms with Crippen molar-refractivity contribution in [3.8, 4) is 0 Å². The third-order valence-corrected chi connectivity index (χ3v) is 5.76. The van der Waals surface area contributed by atoms with Crippen LogP contribution < -0.4 is 5.32 Å². The highest BCUT2D eigenvalue weighted by atomic mass is 15.3. The summed E-state index contributed by atoms with van der Waals surface area (Å²) < 4.78 is 0. The topological polar surface area (TPSA) is 15.3 Å². The maximum atomic E-state index is 3.92. The third kappa shape index (κ3) is 2.46. The first-order valence-corrected chi connectivity index (χ1v) is 8.10. The molecule has 3 fully saturated rings. The zero-order chi connectivity index (χ0) is 12.6. The molecule has 0 aromatic heterocycles. The molecule has 1 spiro atoms. The number of piperazine rings is 1. The van der Waals surface area contributed by atoms with E-state index in [4.69, 9.17) is 0 Å². The van der Waals surface area contributed by atoms with Gasteiger partial charge in [0.25, 0.3) is 0 Å². The minimum Gasteiger partial charge on any atom is -0.308 e. The Hall–Kier alpha value is -0.0800. The van der Waals surface area contributed by atoms with Crippen molar-refractivity contribution in [3.63, 3.8) is 0 Å². The Morgan fingerprint density at radius 1 is 1.06 bits per heavy atom. The minimum absolute atomic E-state index is 0.359. The van der Waals surface area contributed by atoms with Crippen molar-refractivity contribution in [2.24, 2.45) is 5.92 Å². The van der Waals surface area contributed by atoms with Crippen molar-refractivity contribution >= 4 is 0 Å². The average Bonchev–Trinajstić information content (AvgIpc) is 2.30. The van der Waals surface area contributed by atoms with Gasteiger partial charge in [-0.25, -0.2) is 0 Å². The quantitative estimate of drug-likeness (QED) is 0.810. The molecule has 1 N–H and O–H groups in total. The summed E-state index contributed by atoms with van der Waals surface area (Å²) >= 11 is 0. The highest BCUT2D eigenvalue weighted by Crippen LogP contribution is 2.36. The molecule has 2 nitrogen and oxygen atoms in total. The molecule has 3 rings (SSSR count). The summed E-state index contributed by atoms with van der Waals surface area (Å²) in [6.07, 6.45) is 11.6. The van der Waals surface area contributed by atoms with E-state index in [9.17, 15) is 0 Å². The van der Waals surface area contributed by atoms with Crippen LogP contribution in [0.15, 0.2) is 0 Å². The van der Waals surface area contributed by atoms with E-state index in [1.165, 1.54) is 71.0 Å². The van der Waals surface area contributed by atoms with Gasteiger partial charge >= 0.3 is 0 Å². The fourth-order valence-electron chi connectivity index (χ4n) is 4.01. The summed E-state index contributed by atoms with van der Waals surface area (Å²) in [6, 6.07) is 0. The fraction of sp³-hybridized carbons (Fsp3) is 1.00. The summed E-state index contributed by atoms with van der Waals surface area (Å²) in [4.78, 5) is 2.82. The van der Waals surface area contributed by atoms with Gasteiger partial charge in [0.05, 0.1) is 0 Å². The zero-order valence-electron chi connectivity index (χ0n) is 12.3. The first kappa shape index (κ1) is 12.9. The molecule has 0 bridgehead atoms. The first-order valence-electron chi connectivity index (χ1n) is 8.10. The fourth-order valence-corrected chi connectivity index (χ4v) is 4.01. The van der Waals surface area contributed by atoms with Crippen molar-refractivity contribution < 1.29 is 0 Å². The summed E-state index contributed by atoms with van der Waals surface area (Å²) in [7, 11) is 0. The lowest BCUT2D eigenvalue weighted by Crippen LogP contribution is -2.69. The van der Waals surface area contributed by atoms with Crippen molar-refractivity contribution in [2.45, 2.75) is 76.3 Å². The minimum atomic E-state index is 0.359. The van der Waals surface area contributed by atoms with Crippen LogP contribution in [0.25, 0.3) is 0 Å². The SMILES string of the molecule is CC1(C)CNC2(CCCCC2)CN1CC1CCC1. The monoisotopic (exact) mass is 250 g/mol. The molecular weight excluding hydrogens is 220 g/mol. The second-order valence-electron chi connectivity index (χ2n) is 7.68. The Morgan fingerprint density at radius 3 is 2.39 bits per heavy atom. The molecule has 0 radical (unpaired) electrons. The highest BCUT2D eigenvalue weighted by molar-refractivity contribution is 5.03. The van der Waals surface area contributed by atoms with Gasteiger partial charge < -0.3 is 5.32 Å². The van der Waals surface area contributed by atoms with E-state index >= 15 is 0 Å². The van der Waals surface area contributed by atoms with Gasteiger partial charge in [-0.15, -0.1) is 0 Å². The first-order chi connectivity index (χ1) is 8.60. The number of nitrogens with zero attached hydrogens (tertiary/aromatic N) is 1. The van der Waals surface area contributed by atoms with Gasteiger partial charge in [-0.3, -0.25) is 4.90 Å². The maximum Gasteiger partial charge on any atom is 0.0309 e. The van der Waals surface area contributed by atoms with E-state index in [2.05, 4.69) is 24.1 Å². The van der Waals surface area contributed by atoms with Gasteiger partial charge in [-0.05, 0) is 45.4 Å².